The number of ether oxygens (including phenoxy) is 1. The van der Waals surface area contributed by atoms with Gasteiger partial charge in [0.15, 0.2) is 6.61 Å². The van der Waals surface area contributed by atoms with Crippen LogP contribution in [0.3, 0.4) is 0 Å². The Morgan fingerprint density at radius 1 is 1.12 bits per heavy atom. The van der Waals surface area contributed by atoms with E-state index in [1.807, 2.05) is 30.3 Å². The summed E-state index contributed by atoms with van der Waals surface area (Å²) >= 11 is 1.37. The lowest BCUT2D eigenvalue weighted by atomic mass is 10.2. The fraction of sp³-hybridized carbons (Fsp3) is 0.263. The number of likely N-dealkylation sites (N-methyl/N-ethyl adjacent to an activating group) is 1. The van der Waals surface area contributed by atoms with Crippen molar-refractivity contribution >= 4 is 23.6 Å². The Bertz CT molecular complexity index is 724. The number of esters is 1. The van der Waals surface area contributed by atoms with Crippen LogP contribution in [-0.4, -0.2) is 35.7 Å². The number of rotatable bonds is 7. The first kappa shape index (κ1) is 19.0. The van der Waals surface area contributed by atoms with Crippen molar-refractivity contribution in [2.24, 2.45) is 0 Å². The van der Waals surface area contributed by atoms with E-state index in [2.05, 4.69) is 0 Å². The molecule has 0 radical (unpaired) electrons. The third-order valence-corrected chi connectivity index (χ3v) is 4.61. The summed E-state index contributed by atoms with van der Waals surface area (Å²) in [5, 5.41) is -0.424. The Kier molecular flexibility index (Phi) is 7.01. The molecule has 0 saturated heterocycles. The molecular weight excluding hydrogens is 341 g/mol. The zero-order valence-electron chi connectivity index (χ0n) is 14.1. The van der Waals surface area contributed by atoms with Crippen LogP contribution in [-0.2, 0) is 20.9 Å². The topological polar surface area (TPSA) is 46.6 Å². The van der Waals surface area contributed by atoms with Crippen LogP contribution in [0, 0.1) is 5.82 Å². The van der Waals surface area contributed by atoms with Crippen LogP contribution < -0.4 is 0 Å². The van der Waals surface area contributed by atoms with Crippen molar-refractivity contribution in [3.63, 3.8) is 0 Å². The van der Waals surface area contributed by atoms with Gasteiger partial charge in [0.2, 0.25) is 0 Å². The normalized spacial score (nSPS) is 11.6. The van der Waals surface area contributed by atoms with Gasteiger partial charge >= 0.3 is 5.97 Å². The van der Waals surface area contributed by atoms with Gasteiger partial charge < -0.3 is 9.64 Å². The monoisotopic (exact) mass is 361 g/mol. The Morgan fingerprint density at radius 3 is 2.44 bits per heavy atom. The van der Waals surface area contributed by atoms with Gasteiger partial charge in [-0.2, -0.15) is 0 Å². The second kappa shape index (κ2) is 9.22. The van der Waals surface area contributed by atoms with E-state index in [4.69, 9.17) is 4.74 Å². The molecule has 132 valence electrons. The largest absolute Gasteiger partial charge is 0.455 e. The summed E-state index contributed by atoms with van der Waals surface area (Å²) in [6.45, 7) is 1.49. The molecule has 0 saturated carbocycles. The van der Waals surface area contributed by atoms with Crippen LogP contribution in [0.1, 0.15) is 12.5 Å². The van der Waals surface area contributed by atoms with Crippen molar-refractivity contribution < 1.29 is 18.7 Å². The molecule has 0 bridgehead atoms. The highest BCUT2D eigenvalue weighted by Crippen LogP contribution is 2.23. The Balaban J connectivity index is 1.80. The number of carbonyl (C=O) groups excluding carboxylic acids is 2. The molecular formula is C19H20FNO3S. The molecule has 0 aliphatic carbocycles. The van der Waals surface area contributed by atoms with E-state index < -0.39 is 11.2 Å². The van der Waals surface area contributed by atoms with Crippen LogP contribution in [0.15, 0.2) is 59.5 Å². The molecule has 25 heavy (non-hydrogen) atoms. The molecule has 1 unspecified atom stereocenters. The Labute approximate surface area is 151 Å². The molecule has 0 spiro atoms. The van der Waals surface area contributed by atoms with E-state index in [-0.39, 0.29) is 24.9 Å². The maximum atomic E-state index is 13.6. The summed E-state index contributed by atoms with van der Waals surface area (Å²) in [7, 11) is 1.55. The molecule has 0 fully saturated rings. The smallest absolute Gasteiger partial charge is 0.319 e. The number of benzene rings is 2. The summed E-state index contributed by atoms with van der Waals surface area (Å²) < 4.78 is 18.7. The number of hydrogen-bond acceptors (Lipinski definition) is 4. The van der Waals surface area contributed by atoms with Gasteiger partial charge in [-0.1, -0.05) is 36.4 Å². The SMILES string of the molecule is CC(Sc1ccccc1)C(=O)OCC(=O)N(C)Cc1ccccc1F. The Morgan fingerprint density at radius 2 is 1.76 bits per heavy atom. The van der Waals surface area contributed by atoms with Gasteiger partial charge in [0.25, 0.3) is 5.91 Å². The summed E-state index contributed by atoms with van der Waals surface area (Å²) in [5.74, 6) is -1.21. The van der Waals surface area contributed by atoms with E-state index in [0.717, 1.165) is 4.90 Å². The summed E-state index contributed by atoms with van der Waals surface area (Å²) in [4.78, 5) is 26.4. The van der Waals surface area contributed by atoms with E-state index in [0.29, 0.717) is 5.56 Å². The zero-order chi connectivity index (χ0) is 18.2. The maximum Gasteiger partial charge on any atom is 0.319 e. The molecule has 0 heterocycles. The molecule has 0 aliphatic rings. The van der Waals surface area contributed by atoms with Gasteiger partial charge in [0, 0.05) is 24.1 Å². The third-order valence-electron chi connectivity index (χ3n) is 3.52. The lowest BCUT2D eigenvalue weighted by Gasteiger charge is -2.18. The zero-order valence-corrected chi connectivity index (χ0v) is 15.0. The van der Waals surface area contributed by atoms with E-state index in [9.17, 15) is 14.0 Å². The van der Waals surface area contributed by atoms with E-state index in [1.54, 1.807) is 32.2 Å². The summed E-state index contributed by atoms with van der Waals surface area (Å²) in [6.07, 6.45) is 0. The minimum absolute atomic E-state index is 0.122. The highest BCUT2D eigenvalue weighted by atomic mass is 32.2. The van der Waals surface area contributed by atoms with Crippen molar-refractivity contribution in [2.45, 2.75) is 23.6 Å². The number of hydrogen-bond donors (Lipinski definition) is 0. The fourth-order valence-electron chi connectivity index (χ4n) is 2.08. The van der Waals surface area contributed by atoms with Crippen LogP contribution in [0.4, 0.5) is 4.39 Å². The minimum Gasteiger partial charge on any atom is -0.455 e. The third kappa shape index (κ3) is 5.90. The number of carbonyl (C=O) groups is 2. The van der Waals surface area contributed by atoms with Gasteiger partial charge in [-0.3, -0.25) is 9.59 Å². The van der Waals surface area contributed by atoms with E-state index >= 15 is 0 Å². The molecule has 0 N–H and O–H groups in total. The quantitative estimate of drug-likeness (QED) is 0.559. The Hall–Kier alpha value is -2.34. The molecule has 0 aromatic heterocycles. The van der Waals surface area contributed by atoms with Crippen LogP contribution in [0.25, 0.3) is 0 Å². The molecule has 0 aliphatic heterocycles. The van der Waals surface area contributed by atoms with Gasteiger partial charge in [0.05, 0.1) is 0 Å². The minimum atomic E-state index is -0.457. The van der Waals surface area contributed by atoms with Gasteiger partial charge in [-0.05, 0) is 25.1 Å². The first-order chi connectivity index (χ1) is 12.0. The number of nitrogens with zero attached hydrogens (tertiary/aromatic N) is 1. The number of halogens is 1. The first-order valence-electron chi connectivity index (χ1n) is 7.83. The summed E-state index contributed by atoms with van der Waals surface area (Å²) in [5.41, 5.74) is 0.415. The highest BCUT2D eigenvalue weighted by molar-refractivity contribution is 8.00. The van der Waals surface area contributed by atoms with Crippen molar-refractivity contribution in [2.75, 3.05) is 13.7 Å². The lowest BCUT2D eigenvalue weighted by molar-refractivity contribution is -0.151. The van der Waals surface area contributed by atoms with Gasteiger partial charge in [-0.15, -0.1) is 11.8 Å². The second-order valence-corrected chi connectivity index (χ2v) is 6.94. The molecule has 1 amide bonds. The van der Waals surface area contributed by atoms with Gasteiger partial charge in [0.1, 0.15) is 11.1 Å². The van der Waals surface area contributed by atoms with Crippen molar-refractivity contribution in [1.82, 2.24) is 4.90 Å². The lowest BCUT2D eigenvalue weighted by Crippen LogP contribution is -2.32. The highest BCUT2D eigenvalue weighted by Gasteiger charge is 2.19. The molecule has 6 heteroatoms. The van der Waals surface area contributed by atoms with Crippen LogP contribution >= 0.6 is 11.8 Å². The van der Waals surface area contributed by atoms with E-state index in [1.165, 1.54) is 22.7 Å². The predicted octanol–water partition coefficient (Wildman–Crippen LogP) is 3.51. The number of thioether (sulfide) groups is 1. The predicted molar refractivity (Wildman–Crippen MR) is 95.6 cm³/mol. The van der Waals surface area contributed by atoms with Crippen molar-refractivity contribution in [3.8, 4) is 0 Å². The first-order valence-corrected chi connectivity index (χ1v) is 8.71. The molecule has 2 aromatic carbocycles. The molecule has 2 aromatic rings. The molecule has 2 rings (SSSR count). The van der Waals surface area contributed by atoms with Crippen molar-refractivity contribution in [1.29, 1.82) is 0 Å². The van der Waals surface area contributed by atoms with Crippen LogP contribution in [0.5, 0.6) is 0 Å². The standard InChI is InChI=1S/C19H20FNO3S/c1-14(25-16-9-4-3-5-10-16)19(23)24-13-18(22)21(2)12-15-8-6-7-11-17(15)20/h3-11,14H,12-13H2,1-2H3. The average Bonchev–Trinajstić information content (AvgIpc) is 2.62. The number of amides is 1. The van der Waals surface area contributed by atoms with Crippen LogP contribution in [0.2, 0.25) is 0 Å². The summed E-state index contributed by atoms with van der Waals surface area (Å²) in [6, 6.07) is 15.7. The molecule has 1 atom stereocenters. The van der Waals surface area contributed by atoms with Crippen molar-refractivity contribution in [3.05, 3.63) is 66.0 Å². The van der Waals surface area contributed by atoms with Gasteiger partial charge in [-0.25, -0.2) is 4.39 Å². The average molecular weight is 361 g/mol. The molecule has 4 nitrogen and oxygen atoms in total. The second-order valence-electron chi connectivity index (χ2n) is 5.52. The maximum absolute atomic E-state index is 13.6. The fourth-order valence-corrected chi connectivity index (χ4v) is 2.97.